The molecule has 2 amide bonds. The van der Waals surface area contributed by atoms with Crippen LogP contribution in [0.4, 0.5) is 11.4 Å². The van der Waals surface area contributed by atoms with Gasteiger partial charge in [-0.05, 0) is 42.0 Å². The van der Waals surface area contributed by atoms with Gasteiger partial charge in [-0.1, -0.05) is 12.1 Å². The highest BCUT2D eigenvalue weighted by Gasteiger charge is 2.12. The fraction of sp³-hybridized carbons (Fsp3) is 0.143. The minimum atomic E-state index is -0.569. The van der Waals surface area contributed by atoms with E-state index in [9.17, 15) is 14.4 Å². The second kappa shape index (κ2) is 8.83. The van der Waals surface area contributed by atoms with E-state index < -0.39 is 5.97 Å². The highest BCUT2D eigenvalue weighted by molar-refractivity contribution is 5.97. The molecule has 0 aliphatic carbocycles. The number of esters is 1. The van der Waals surface area contributed by atoms with Crippen molar-refractivity contribution < 1.29 is 19.1 Å². The third kappa shape index (κ3) is 5.52. The molecule has 8 nitrogen and oxygen atoms in total. The molecule has 29 heavy (non-hydrogen) atoms. The van der Waals surface area contributed by atoms with E-state index in [1.807, 2.05) is 36.5 Å². The van der Waals surface area contributed by atoms with Crippen molar-refractivity contribution in [3.05, 3.63) is 72.1 Å². The molecule has 0 spiro atoms. The summed E-state index contributed by atoms with van der Waals surface area (Å²) in [4.78, 5) is 35.1. The topological polar surface area (TPSA) is 102 Å². The number of nitrogens with one attached hydrogen (secondary N) is 2. The van der Waals surface area contributed by atoms with Crippen molar-refractivity contribution >= 4 is 29.2 Å². The number of ether oxygens (including phenoxy) is 1. The van der Waals surface area contributed by atoms with E-state index in [0.717, 1.165) is 11.3 Å². The lowest BCUT2D eigenvalue weighted by molar-refractivity contribution is -0.115. The monoisotopic (exact) mass is 392 g/mol. The lowest BCUT2D eigenvalue weighted by Crippen LogP contribution is -2.12. The molecular formula is C21H20N4O4. The molecule has 2 aromatic carbocycles. The van der Waals surface area contributed by atoms with Crippen LogP contribution in [0.15, 0.2) is 60.9 Å². The smallest absolute Gasteiger partial charge is 0.338 e. The third-order valence-electron chi connectivity index (χ3n) is 3.88. The van der Waals surface area contributed by atoms with E-state index in [-0.39, 0.29) is 24.0 Å². The third-order valence-corrected chi connectivity index (χ3v) is 3.88. The SMILES string of the molecule is CC(=O)Nc1cc(NC(C)=O)cc(C(=O)OCc2ccc(-n3cccn3)cc2)c1. The molecule has 0 aliphatic rings. The second-order valence-electron chi connectivity index (χ2n) is 6.35. The number of carbonyl (C=O) groups excluding carboxylic acids is 3. The zero-order chi connectivity index (χ0) is 20.8. The van der Waals surface area contributed by atoms with E-state index in [2.05, 4.69) is 15.7 Å². The van der Waals surface area contributed by atoms with Crippen molar-refractivity contribution in [1.29, 1.82) is 0 Å². The Bertz CT molecular complexity index is 993. The number of anilines is 2. The molecule has 0 atom stereocenters. The molecule has 3 rings (SSSR count). The van der Waals surface area contributed by atoms with Crippen LogP contribution in [-0.2, 0) is 20.9 Å². The van der Waals surface area contributed by atoms with Gasteiger partial charge in [-0.25, -0.2) is 9.48 Å². The highest BCUT2D eigenvalue weighted by atomic mass is 16.5. The Labute approximate surface area is 167 Å². The Morgan fingerprint density at radius 1 is 0.966 bits per heavy atom. The lowest BCUT2D eigenvalue weighted by Gasteiger charge is -2.11. The maximum Gasteiger partial charge on any atom is 0.338 e. The van der Waals surface area contributed by atoms with Gasteiger partial charge in [-0.15, -0.1) is 0 Å². The molecular weight excluding hydrogens is 372 g/mol. The number of amides is 2. The first-order valence-electron chi connectivity index (χ1n) is 8.87. The van der Waals surface area contributed by atoms with Gasteiger partial charge < -0.3 is 15.4 Å². The maximum absolute atomic E-state index is 12.5. The van der Waals surface area contributed by atoms with Gasteiger partial charge in [0.25, 0.3) is 0 Å². The minimum Gasteiger partial charge on any atom is -0.457 e. The number of benzene rings is 2. The van der Waals surface area contributed by atoms with Crippen molar-refractivity contribution in [2.24, 2.45) is 0 Å². The van der Waals surface area contributed by atoms with Crippen LogP contribution in [0, 0.1) is 0 Å². The van der Waals surface area contributed by atoms with Crippen molar-refractivity contribution in [2.75, 3.05) is 10.6 Å². The standard InChI is InChI=1S/C21H20N4O4/c1-14(26)23-18-10-17(11-19(12-18)24-15(2)27)21(28)29-13-16-4-6-20(7-5-16)25-9-3-8-22-25/h3-12H,13H2,1-2H3,(H,23,26)(H,24,27). The molecule has 1 heterocycles. The molecule has 148 valence electrons. The van der Waals surface area contributed by atoms with Crippen molar-refractivity contribution in [2.45, 2.75) is 20.5 Å². The Morgan fingerprint density at radius 2 is 1.59 bits per heavy atom. The van der Waals surface area contributed by atoms with E-state index >= 15 is 0 Å². The van der Waals surface area contributed by atoms with Gasteiger partial charge in [0.1, 0.15) is 6.61 Å². The summed E-state index contributed by atoms with van der Waals surface area (Å²) < 4.78 is 7.11. The van der Waals surface area contributed by atoms with Crippen molar-refractivity contribution in [3.63, 3.8) is 0 Å². The first kappa shape index (κ1) is 19.8. The van der Waals surface area contributed by atoms with Crippen LogP contribution in [-0.4, -0.2) is 27.6 Å². The average molecular weight is 392 g/mol. The molecule has 0 bridgehead atoms. The van der Waals surface area contributed by atoms with Gasteiger partial charge in [0.2, 0.25) is 11.8 Å². The van der Waals surface area contributed by atoms with E-state index in [1.54, 1.807) is 16.9 Å². The van der Waals surface area contributed by atoms with E-state index in [0.29, 0.717) is 11.4 Å². The summed E-state index contributed by atoms with van der Waals surface area (Å²) in [7, 11) is 0. The minimum absolute atomic E-state index is 0.0814. The van der Waals surface area contributed by atoms with E-state index in [1.165, 1.54) is 26.0 Å². The van der Waals surface area contributed by atoms with Gasteiger partial charge in [-0.3, -0.25) is 9.59 Å². The Balaban J connectivity index is 1.70. The fourth-order valence-electron chi connectivity index (χ4n) is 2.69. The quantitative estimate of drug-likeness (QED) is 0.628. The summed E-state index contributed by atoms with van der Waals surface area (Å²) in [6.07, 6.45) is 3.53. The first-order chi connectivity index (χ1) is 13.9. The van der Waals surface area contributed by atoms with Gasteiger partial charge in [0.15, 0.2) is 0 Å². The van der Waals surface area contributed by atoms with Crippen LogP contribution in [0.25, 0.3) is 5.69 Å². The zero-order valence-electron chi connectivity index (χ0n) is 16.0. The normalized spacial score (nSPS) is 10.3. The molecule has 0 fully saturated rings. The molecule has 3 aromatic rings. The molecule has 0 unspecified atom stereocenters. The van der Waals surface area contributed by atoms with Gasteiger partial charge in [0, 0.05) is 37.6 Å². The molecule has 0 aliphatic heterocycles. The van der Waals surface area contributed by atoms with Crippen molar-refractivity contribution in [3.8, 4) is 5.69 Å². The second-order valence-corrected chi connectivity index (χ2v) is 6.35. The number of rotatable bonds is 6. The van der Waals surface area contributed by atoms with Gasteiger partial charge in [-0.2, -0.15) is 5.10 Å². The fourth-order valence-corrected chi connectivity index (χ4v) is 2.69. The van der Waals surface area contributed by atoms with Gasteiger partial charge >= 0.3 is 5.97 Å². The predicted octanol–water partition coefficient (Wildman–Crippen LogP) is 3.15. The lowest BCUT2D eigenvalue weighted by atomic mass is 10.1. The molecule has 0 saturated heterocycles. The highest BCUT2D eigenvalue weighted by Crippen LogP contribution is 2.21. The Hall–Kier alpha value is -3.94. The number of aromatic nitrogens is 2. The van der Waals surface area contributed by atoms with Crippen LogP contribution >= 0.6 is 0 Å². The number of nitrogens with zero attached hydrogens (tertiary/aromatic N) is 2. The van der Waals surface area contributed by atoms with Gasteiger partial charge in [0.05, 0.1) is 11.3 Å². The molecule has 0 radical (unpaired) electrons. The van der Waals surface area contributed by atoms with Crippen LogP contribution < -0.4 is 10.6 Å². The summed E-state index contributed by atoms with van der Waals surface area (Å²) in [5.74, 6) is -1.15. The molecule has 8 heteroatoms. The Morgan fingerprint density at radius 3 is 2.10 bits per heavy atom. The van der Waals surface area contributed by atoms with Crippen LogP contribution in [0.1, 0.15) is 29.8 Å². The molecule has 2 N–H and O–H groups in total. The number of hydrogen-bond acceptors (Lipinski definition) is 5. The maximum atomic E-state index is 12.5. The van der Waals surface area contributed by atoms with E-state index in [4.69, 9.17) is 4.74 Å². The number of carbonyl (C=O) groups is 3. The number of hydrogen-bond donors (Lipinski definition) is 2. The summed E-state index contributed by atoms with van der Waals surface area (Å²) in [6, 6.07) is 13.8. The predicted molar refractivity (Wildman–Crippen MR) is 108 cm³/mol. The molecule has 1 aromatic heterocycles. The van der Waals surface area contributed by atoms with Crippen LogP contribution in [0.3, 0.4) is 0 Å². The van der Waals surface area contributed by atoms with Crippen LogP contribution in [0.2, 0.25) is 0 Å². The Kier molecular flexibility index (Phi) is 6.03. The summed E-state index contributed by atoms with van der Waals surface area (Å²) in [6.45, 7) is 2.80. The summed E-state index contributed by atoms with van der Waals surface area (Å²) in [5.41, 5.74) is 2.70. The average Bonchev–Trinajstić information content (AvgIpc) is 3.20. The van der Waals surface area contributed by atoms with Crippen LogP contribution in [0.5, 0.6) is 0 Å². The van der Waals surface area contributed by atoms with Crippen molar-refractivity contribution in [1.82, 2.24) is 9.78 Å². The zero-order valence-corrected chi connectivity index (χ0v) is 16.0. The largest absolute Gasteiger partial charge is 0.457 e. The first-order valence-corrected chi connectivity index (χ1v) is 8.87. The molecule has 0 saturated carbocycles. The summed E-state index contributed by atoms with van der Waals surface area (Å²) >= 11 is 0. The summed E-state index contributed by atoms with van der Waals surface area (Å²) in [5, 5.41) is 9.36.